The van der Waals surface area contributed by atoms with Crippen LogP contribution in [0.2, 0.25) is 0 Å². The van der Waals surface area contributed by atoms with E-state index in [0.717, 1.165) is 5.39 Å². The summed E-state index contributed by atoms with van der Waals surface area (Å²) in [4.78, 5) is 14.8. The number of hydrogen-bond acceptors (Lipinski definition) is 4. The predicted octanol–water partition coefficient (Wildman–Crippen LogP) is 3.10. The fourth-order valence-electron chi connectivity index (χ4n) is 2.75. The second-order valence-electron chi connectivity index (χ2n) is 5.97. The highest BCUT2D eigenvalue weighted by Crippen LogP contribution is 2.58. The van der Waals surface area contributed by atoms with E-state index in [1.165, 1.54) is 0 Å². The number of pyridine rings is 1. The topological polar surface area (TPSA) is 71.8 Å². The molecule has 1 aromatic carbocycles. The molecule has 5 nitrogen and oxygen atoms in total. The summed E-state index contributed by atoms with van der Waals surface area (Å²) in [5, 5.41) is 8.06. The van der Waals surface area contributed by atoms with Gasteiger partial charge in [0.2, 0.25) is 11.8 Å². The van der Waals surface area contributed by atoms with E-state index in [0.29, 0.717) is 11.1 Å². The first-order chi connectivity index (χ1) is 11.4. The van der Waals surface area contributed by atoms with Crippen molar-refractivity contribution in [3.63, 3.8) is 0 Å². The van der Waals surface area contributed by atoms with E-state index in [4.69, 9.17) is 4.42 Å². The van der Waals surface area contributed by atoms with Gasteiger partial charge >= 0.3 is 6.18 Å². The second kappa shape index (κ2) is 4.93. The molecule has 1 saturated carbocycles. The number of benzene rings is 1. The molecule has 0 unspecified atom stereocenters. The molecular formula is C16H12F3N3O2. The zero-order chi connectivity index (χ0) is 16.9. The molecule has 8 heteroatoms. The van der Waals surface area contributed by atoms with E-state index in [2.05, 4.69) is 15.2 Å². The van der Waals surface area contributed by atoms with Crippen LogP contribution < -0.4 is 5.56 Å². The average molecular weight is 335 g/mol. The van der Waals surface area contributed by atoms with Gasteiger partial charge in [-0.05, 0) is 30.4 Å². The Labute approximate surface area is 133 Å². The molecule has 124 valence electrons. The van der Waals surface area contributed by atoms with Crippen molar-refractivity contribution >= 4 is 10.9 Å². The van der Waals surface area contributed by atoms with Crippen LogP contribution in [0.1, 0.15) is 30.2 Å². The molecule has 3 aromatic rings. The van der Waals surface area contributed by atoms with Gasteiger partial charge in [0.15, 0.2) is 0 Å². The number of para-hydroxylation sites is 1. The highest BCUT2D eigenvalue weighted by Gasteiger charge is 2.68. The molecule has 1 N–H and O–H groups in total. The normalized spacial score (nSPS) is 16.5. The van der Waals surface area contributed by atoms with Crippen LogP contribution in [0.25, 0.3) is 10.9 Å². The third-order valence-corrected chi connectivity index (χ3v) is 4.34. The van der Waals surface area contributed by atoms with E-state index < -0.39 is 17.5 Å². The van der Waals surface area contributed by atoms with E-state index in [-0.39, 0.29) is 30.7 Å². The van der Waals surface area contributed by atoms with Gasteiger partial charge in [-0.25, -0.2) is 0 Å². The second-order valence-corrected chi connectivity index (χ2v) is 5.97. The van der Waals surface area contributed by atoms with Crippen molar-refractivity contribution < 1.29 is 17.6 Å². The molecular weight excluding hydrogens is 323 g/mol. The van der Waals surface area contributed by atoms with Crippen LogP contribution in [-0.2, 0) is 11.8 Å². The minimum Gasteiger partial charge on any atom is -0.424 e. The van der Waals surface area contributed by atoms with Crippen molar-refractivity contribution in [3.05, 3.63) is 58.0 Å². The van der Waals surface area contributed by atoms with Crippen LogP contribution in [0.3, 0.4) is 0 Å². The van der Waals surface area contributed by atoms with Crippen molar-refractivity contribution in [2.24, 2.45) is 0 Å². The number of halogens is 3. The zero-order valence-corrected chi connectivity index (χ0v) is 12.4. The fourth-order valence-corrected chi connectivity index (χ4v) is 2.75. The fraction of sp³-hybridized carbons (Fsp3) is 0.312. The van der Waals surface area contributed by atoms with Crippen molar-refractivity contribution in [2.75, 3.05) is 0 Å². The lowest BCUT2D eigenvalue weighted by atomic mass is 10.1. The van der Waals surface area contributed by atoms with Gasteiger partial charge in [0, 0.05) is 11.1 Å². The van der Waals surface area contributed by atoms with Gasteiger partial charge in [-0.15, -0.1) is 10.2 Å². The predicted molar refractivity (Wildman–Crippen MR) is 78.6 cm³/mol. The number of aromatic nitrogens is 3. The van der Waals surface area contributed by atoms with Crippen LogP contribution in [0.4, 0.5) is 13.2 Å². The molecule has 0 amide bonds. The Kier molecular flexibility index (Phi) is 3.06. The molecule has 2 heterocycles. The summed E-state index contributed by atoms with van der Waals surface area (Å²) in [6.45, 7) is 0. The number of fused-ring (bicyclic) bond motifs is 1. The number of nitrogens with zero attached hydrogens (tertiary/aromatic N) is 2. The van der Waals surface area contributed by atoms with E-state index in [1.807, 2.05) is 12.1 Å². The van der Waals surface area contributed by atoms with Crippen molar-refractivity contribution in [3.8, 4) is 0 Å². The zero-order valence-electron chi connectivity index (χ0n) is 12.4. The van der Waals surface area contributed by atoms with Gasteiger partial charge in [0.05, 0.1) is 6.42 Å². The molecule has 24 heavy (non-hydrogen) atoms. The number of rotatable bonds is 3. The number of hydrogen-bond donors (Lipinski definition) is 1. The standard InChI is InChI=1S/C16H12F3N3O2/c17-16(18,19)15(5-6-15)14-22-21-12(24-14)8-10-7-9-3-1-2-4-11(9)20-13(10)23/h1-4,7H,5-6,8H2,(H,20,23). The van der Waals surface area contributed by atoms with Gasteiger partial charge in [-0.3, -0.25) is 4.79 Å². The summed E-state index contributed by atoms with van der Waals surface area (Å²) in [7, 11) is 0. The minimum absolute atomic E-state index is 0.00121. The molecule has 2 aromatic heterocycles. The van der Waals surface area contributed by atoms with Crippen molar-refractivity contribution in [1.29, 1.82) is 0 Å². The third kappa shape index (κ3) is 2.29. The highest BCUT2D eigenvalue weighted by atomic mass is 19.4. The van der Waals surface area contributed by atoms with Crippen LogP contribution in [0, 0.1) is 0 Å². The molecule has 0 spiro atoms. The van der Waals surface area contributed by atoms with Gasteiger partial charge in [-0.2, -0.15) is 13.2 Å². The molecule has 0 aliphatic heterocycles. The Morgan fingerprint density at radius 1 is 1.21 bits per heavy atom. The summed E-state index contributed by atoms with van der Waals surface area (Å²) in [6, 6.07) is 8.90. The van der Waals surface area contributed by atoms with Gasteiger partial charge in [-0.1, -0.05) is 18.2 Å². The lowest BCUT2D eigenvalue weighted by molar-refractivity contribution is -0.165. The first kappa shape index (κ1) is 14.9. The molecule has 1 aliphatic carbocycles. The Morgan fingerprint density at radius 3 is 2.67 bits per heavy atom. The van der Waals surface area contributed by atoms with E-state index >= 15 is 0 Å². The summed E-state index contributed by atoms with van der Waals surface area (Å²) < 4.78 is 44.4. The maximum absolute atomic E-state index is 13.1. The maximum Gasteiger partial charge on any atom is 0.403 e. The van der Waals surface area contributed by atoms with Crippen LogP contribution in [0.15, 0.2) is 39.5 Å². The number of nitrogens with one attached hydrogen (secondary N) is 1. The number of alkyl halides is 3. The number of H-pyrrole nitrogens is 1. The lowest BCUT2D eigenvalue weighted by Crippen LogP contribution is -2.28. The smallest absolute Gasteiger partial charge is 0.403 e. The molecule has 1 fully saturated rings. The molecule has 4 rings (SSSR count). The van der Waals surface area contributed by atoms with E-state index in [9.17, 15) is 18.0 Å². The first-order valence-corrected chi connectivity index (χ1v) is 7.40. The Balaban J connectivity index is 1.66. The van der Waals surface area contributed by atoms with Crippen LogP contribution in [-0.4, -0.2) is 21.4 Å². The summed E-state index contributed by atoms with van der Waals surface area (Å²) in [5.74, 6) is -0.413. The monoisotopic (exact) mass is 335 g/mol. The van der Waals surface area contributed by atoms with Crippen molar-refractivity contribution in [1.82, 2.24) is 15.2 Å². The molecule has 0 saturated heterocycles. The van der Waals surface area contributed by atoms with Crippen molar-refractivity contribution in [2.45, 2.75) is 30.9 Å². The van der Waals surface area contributed by atoms with Gasteiger partial charge < -0.3 is 9.40 Å². The van der Waals surface area contributed by atoms with Gasteiger partial charge in [0.1, 0.15) is 5.41 Å². The molecule has 0 bridgehead atoms. The average Bonchev–Trinajstić information content (AvgIpc) is 3.23. The quantitative estimate of drug-likeness (QED) is 0.798. The molecule has 0 atom stereocenters. The first-order valence-electron chi connectivity index (χ1n) is 7.40. The molecule has 1 aliphatic rings. The summed E-state index contributed by atoms with van der Waals surface area (Å²) in [6.07, 6.45) is -4.51. The lowest BCUT2D eigenvalue weighted by Gasteiger charge is -2.14. The highest BCUT2D eigenvalue weighted by molar-refractivity contribution is 5.78. The Morgan fingerprint density at radius 2 is 1.96 bits per heavy atom. The summed E-state index contributed by atoms with van der Waals surface area (Å²) in [5.41, 5.74) is -1.29. The number of aromatic amines is 1. The van der Waals surface area contributed by atoms with E-state index in [1.54, 1.807) is 18.2 Å². The van der Waals surface area contributed by atoms with Gasteiger partial charge in [0.25, 0.3) is 5.56 Å². The largest absolute Gasteiger partial charge is 0.424 e. The molecule has 0 radical (unpaired) electrons. The Hall–Kier alpha value is -2.64. The van der Waals surface area contributed by atoms with Crippen LogP contribution >= 0.6 is 0 Å². The maximum atomic E-state index is 13.1. The van der Waals surface area contributed by atoms with Crippen LogP contribution in [0.5, 0.6) is 0 Å². The SMILES string of the molecule is O=c1[nH]c2ccccc2cc1Cc1nnc(C2(C(F)(F)F)CC2)o1. The third-order valence-electron chi connectivity index (χ3n) is 4.34. The minimum atomic E-state index is -4.41. The Bertz CT molecular complexity index is 970. The summed E-state index contributed by atoms with van der Waals surface area (Å²) >= 11 is 0.